The zero-order valence-corrected chi connectivity index (χ0v) is 16.9. The van der Waals surface area contributed by atoms with E-state index in [1.54, 1.807) is 0 Å². The van der Waals surface area contributed by atoms with Crippen LogP contribution in [0.15, 0.2) is 23.2 Å². The quantitative estimate of drug-likeness (QED) is 0.547. The number of pyridine rings is 1. The van der Waals surface area contributed by atoms with E-state index >= 15 is 0 Å². The van der Waals surface area contributed by atoms with Crippen molar-refractivity contribution in [1.29, 1.82) is 0 Å². The Kier molecular flexibility index (Phi) is 6.94. The van der Waals surface area contributed by atoms with Gasteiger partial charge in [0.15, 0.2) is 5.96 Å². The predicted molar refractivity (Wildman–Crippen MR) is 111 cm³/mol. The smallest absolute Gasteiger partial charge is 0.191 e. The van der Waals surface area contributed by atoms with E-state index in [2.05, 4.69) is 39.6 Å². The SMILES string of the molecule is CCNC(=NCC1(O)CCCCC1)NC1CCN(c2cccc(C)n2)CC1. The Balaban J connectivity index is 1.52. The summed E-state index contributed by atoms with van der Waals surface area (Å²) in [6, 6.07) is 6.62. The van der Waals surface area contributed by atoms with Crippen LogP contribution in [0.2, 0.25) is 0 Å². The van der Waals surface area contributed by atoms with E-state index < -0.39 is 5.60 Å². The predicted octanol–water partition coefficient (Wildman–Crippen LogP) is 2.61. The Bertz CT molecular complexity index is 619. The van der Waals surface area contributed by atoms with E-state index in [4.69, 9.17) is 4.99 Å². The minimum Gasteiger partial charge on any atom is -0.388 e. The second-order valence-electron chi connectivity index (χ2n) is 8.02. The maximum Gasteiger partial charge on any atom is 0.191 e. The fraction of sp³-hybridized carbons (Fsp3) is 0.714. The molecule has 1 saturated heterocycles. The molecule has 1 saturated carbocycles. The van der Waals surface area contributed by atoms with Gasteiger partial charge >= 0.3 is 0 Å². The summed E-state index contributed by atoms with van der Waals surface area (Å²) in [4.78, 5) is 11.7. The van der Waals surface area contributed by atoms with Gasteiger partial charge in [0.2, 0.25) is 0 Å². The van der Waals surface area contributed by atoms with Crippen molar-refractivity contribution in [2.45, 2.75) is 70.4 Å². The highest BCUT2D eigenvalue weighted by Gasteiger charge is 2.29. The van der Waals surface area contributed by atoms with Gasteiger partial charge in [-0.15, -0.1) is 0 Å². The molecule has 2 heterocycles. The van der Waals surface area contributed by atoms with Crippen molar-refractivity contribution >= 4 is 11.8 Å². The highest BCUT2D eigenvalue weighted by molar-refractivity contribution is 5.80. The number of guanidine groups is 1. The summed E-state index contributed by atoms with van der Waals surface area (Å²) in [6.07, 6.45) is 7.33. The van der Waals surface area contributed by atoms with E-state index in [0.717, 1.165) is 75.6 Å². The van der Waals surface area contributed by atoms with Crippen molar-refractivity contribution in [1.82, 2.24) is 15.6 Å². The van der Waals surface area contributed by atoms with Gasteiger partial charge < -0.3 is 20.6 Å². The molecule has 27 heavy (non-hydrogen) atoms. The lowest BCUT2D eigenvalue weighted by Gasteiger charge is -2.34. The van der Waals surface area contributed by atoms with Crippen molar-refractivity contribution in [3.8, 4) is 0 Å². The molecule has 0 radical (unpaired) electrons. The number of aliphatic hydroxyl groups is 1. The number of hydrogen-bond acceptors (Lipinski definition) is 4. The molecule has 6 heteroatoms. The third-order valence-corrected chi connectivity index (χ3v) is 5.69. The summed E-state index contributed by atoms with van der Waals surface area (Å²) in [5.41, 5.74) is 0.454. The first-order valence-electron chi connectivity index (χ1n) is 10.5. The molecule has 1 aliphatic carbocycles. The molecule has 0 unspecified atom stereocenters. The van der Waals surface area contributed by atoms with E-state index in [1.165, 1.54) is 6.42 Å². The number of piperidine rings is 1. The van der Waals surface area contributed by atoms with Crippen molar-refractivity contribution < 1.29 is 5.11 Å². The second kappa shape index (κ2) is 9.40. The van der Waals surface area contributed by atoms with E-state index in [1.807, 2.05) is 13.0 Å². The number of anilines is 1. The van der Waals surface area contributed by atoms with Gasteiger partial charge in [-0.3, -0.25) is 4.99 Å². The number of aromatic nitrogens is 1. The lowest BCUT2D eigenvalue weighted by atomic mass is 9.85. The van der Waals surface area contributed by atoms with Gasteiger partial charge in [0, 0.05) is 31.4 Å². The topological polar surface area (TPSA) is 72.8 Å². The van der Waals surface area contributed by atoms with Gasteiger partial charge in [-0.2, -0.15) is 0 Å². The van der Waals surface area contributed by atoms with Crippen LogP contribution in [0.1, 0.15) is 57.6 Å². The molecule has 3 rings (SSSR count). The molecule has 2 aliphatic rings. The van der Waals surface area contributed by atoms with Crippen LogP contribution in [-0.2, 0) is 0 Å². The third-order valence-electron chi connectivity index (χ3n) is 5.69. The molecule has 1 aromatic rings. The number of rotatable bonds is 5. The lowest BCUT2D eigenvalue weighted by molar-refractivity contribution is 0.0131. The van der Waals surface area contributed by atoms with E-state index in [-0.39, 0.29) is 0 Å². The van der Waals surface area contributed by atoms with Gasteiger partial charge in [-0.1, -0.05) is 25.3 Å². The molecule has 6 nitrogen and oxygen atoms in total. The van der Waals surface area contributed by atoms with Crippen LogP contribution < -0.4 is 15.5 Å². The largest absolute Gasteiger partial charge is 0.388 e. The Morgan fingerprint density at radius 3 is 2.67 bits per heavy atom. The van der Waals surface area contributed by atoms with E-state index in [9.17, 15) is 5.11 Å². The molecule has 2 fully saturated rings. The normalized spacial score (nSPS) is 21.1. The number of aryl methyl sites for hydroxylation is 1. The summed E-state index contributed by atoms with van der Waals surface area (Å²) in [5, 5.41) is 17.6. The first-order chi connectivity index (χ1) is 13.1. The monoisotopic (exact) mass is 373 g/mol. The standard InChI is InChI=1S/C21H35N5O/c1-3-22-20(23-16-21(27)12-5-4-6-13-21)25-18-10-14-26(15-11-18)19-9-7-8-17(2)24-19/h7-9,18,27H,3-6,10-16H2,1-2H3,(H2,22,23,25). The third kappa shape index (κ3) is 5.83. The van der Waals surface area contributed by atoms with Crippen LogP contribution in [0.3, 0.4) is 0 Å². The van der Waals surface area contributed by atoms with Gasteiger partial charge in [0.25, 0.3) is 0 Å². The molecular weight excluding hydrogens is 338 g/mol. The van der Waals surface area contributed by atoms with Crippen molar-refractivity contribution in [2.75, 3.05) is 31.1 Å². The Labute approximate surface area is 163 Å². The lowest BCUT2D eigenvalue weighted by Crippen LogP contribution is -2.49. The van der Waals surface area contributed by atoms with Gasteiger partial charge in [-0.05, 0) is 51.7 Å². The molecule has 1 aliphatic heterocycles. The number of nitrogens with one attached hydrogen (secondary N) is 2. The molecule has 150 valence electrons. The average Bonchev–Trinajstić information content (AvgIpc) is 2.68. The summed E-state index contributed by atoms with van der Waals surface area (Å²) >= 11 is 0. The molecule has 1 aromatic heterocycles. The molecule has 0 aromatic carbocycles. The average molecular weight is 374 g/mol. The molecule has 3 N–H and O–H groups in total. The van der Waals surface area contributed by atoms with Gasteiger partial charge in [-0.25, -0.2) is 4.98 Å². The molecule has 0 bridgehead atoms. The first-order valence-corrected chi connectivity index (χ1v) is 10.5. The molecule has 0 amide bonds. The zero-order valence-electron chi connectivity index (χ0n) is 16.9. The summed E-state index contributed by atoms with van der Waals surface area (Å²) in [7, 11) is 0. The summed E-state index contributed by atoms with van der Waals surface area (Å²) < 4.78 is 0. The molecular formula is C21H35N5O. The zero-order chi connectivity index (χ0) is 19.1. The van der Waals surface area contributed by atoms with Crippen LogP contribution in [0.25, 0.3) is 0 Å². The number of aliphatic imine (C=N–C) groups is 1. The van der Waals surface area contributed by atoms with Crippen LogP contribution in [0, 0.1) is 6.92 Å². The second-order valence-corrected chi connectivity index (χ2v) is 8.02. The number of hydrogen-bond donors (Lipinski definition) is 3. The minimum atomic E-state index is -0.610. The van der Waals surface area contributed by atoms with Crippen LogP contribution in [0.5, 0.6) is 0 Å². The Morgan fingerprint density at radius 2 is 2.00 bits per heavy atom. The fourth-order valence-electron chi connectivity index (χ4n) is 4.07. The van der Waals surface area contributed by atoms with Gasteiger partial charge in [0.05, 0.1) is 12.1 Å². The van der Waals surface area contributed by atoms with Crippen LogP contribution in [-0.4, -0.2) is 53.9 Å². The highest BCUT2D eigenvalue weighted by Crippen LogP contribution is 2.28. The van der Waals surface area contributed by atoms with E-state index in [0.29, 0.717) is 12.6 Å². The molecule has 0 atom stereocenters. The Hall–Kier alpha value is -1.82. The van der Waals surface area contributed by atoms with Crippen LogP contribution in [0.4, 0.5) is 5.82 Å². The fourth-order valence-corrected chi connectivity index (χ4v) is 4.07. The number of nitrogens with zero attached hydrogens (tertiary/aromatic N) is 3. The maximum absolute atomic E-state index is 10.7. The maximum atomic E-state index is 10.7. The van der Waals surface area contributed by atoms with Crippen molar-refractivity contribution in [3.63, 3.8) is 0 Å². The van der Waals surface area contributed by atoms with Gasteiger partial charge in [0.1, 0.15) is 5.82 Å². The Morgan fingerprint density at radius 1 is 1.26 bits per heavy atom. The minimum absolute atomic E-state index is 0.407. The van der Waals surface area contributed by atoms with Crippen molar-refractivity contribution in [2.24, 2.45) is 4.99 Å². The summed E-state index contributed by atoms with van der Waals surface area (Å²) in [5.74, 6) is 1.91. The first kappa shape index (κ1) is 19.9. The molecule has 0 spiro atoms. The summed E-state index contributed by atoms with van der Waals surface area (Å²) in [6.45, 7) is 7.44. The van der Waals surface area contributed by atoms with Crippen molar-refractivity contribution in [3.05, 3.63) is 23.9 Å². The highest BCUT2D eigenvalue weighted by atomic mass is 16.3. The van der Waals surface area contributed by atoms with Crippen LogP contribution >= 0.6 is 0 Å².